The van der Waals surface area contributed by atoms with E-state index in [1.807, 2.05) is 42.1 Å². The summed E-state index contributed by atoms with van der Waals surface area (Å²) in [5.41, 5.74) is 2.17. The van der Waals surface area contributed by atoms with Crippen LogP contribution < -0.4 is 0 Å². The molecule has 66 valence electrons. The zero-order chi connectivity index (χ0) is 9.26. The number of phenolic OH excluding ortho intramolecular Hbond substituents is 1. The minimum atomic E-state index is 0.300. The predicted octanol–water partition coefficient (Wildman–Crippen LogP) is 2.49. The Morgan fingerprint density at radius 2 is 1.85 bits per heavy atom. The second-order valence-electron chi connectivity index (χ2n) is 3.06. The van der Waals surface area contributed by atoms with Crippen molar-refractivity contribution in [1.82, 2.24) is 4.57 Å². The Bertz CT molecular complexity index is 404. The van der Waals surface area contributed by atoms with Crippen LogP contribution in [0.2, 0.25) is 0 Å². The Morgan fingerprint density at radius 3 is 2.54 bits per heavy atom. The van der Waals surface area contributed by atoms with Gasteiger partial charge in [0.2, 0.25) is 0 Å². The van der Waals surface area contributed by atoms with E-state index in [9.17, 15) is 5.11 Å². The van der Waals surface area contributed by atoms with Gasteiger partial charge in [-0.1, -0.05) is 6.07 Å². The number of rotatable bonds is 1. The molecule has 2 heteroatoms. The van der Waals surface area contributed by atoms with E-state index in [2.05, 4.69) is 0 Å². The van der Waals surface area contributed by atoms with Gasteiger partial charge in [0.05, 0.1) is 5.69 Å². The van der Waals surface area contributed by atoms with Gasteiger partial charge in [-0.15, -0.1) is 0 Å². The van der Waals surface area contributed by atoms with Gasteiger partial charge in [-0.05, 0) is 30.7 Å². The maximum atomic E-state index is 9.32. The highest BCUT2D eigenvalue weighted by Crippen LogP contribution is 2.19. The van der Waals surface area contributed by atoms with Gasteiger partial charge in [-0.3, -0.25) is 0 Å². The molecule has 0 atom stereocenters. The van der Waals surface area contributed by atoms with Crippen molar-refractivity contribution < 1.29 is 5.11 Å². The summed E-state index contributed by atoms with van der Waals surface area (Å²) in [5, 5.41) is 9.32. The summed E-state index contributed by atoms with van der Waals surface area (Å²) >= 11 is 0. The van der Waals surface area contributed by atoms with Gasteiger partial charge in [0.1, 0.15) is 5.75 Å². The Kier molecular flexibility index (Phi) is 1.81. The zero-order valence-corrected chi connectivity index (χ0v) is 7.44. The van der Waals surface area contributed by atoms with Gasteiger partial charge in [0.25, 0.3) is 0 Å². The molecule has 0 radical (unpaired) electrons. The minimum Gasteiger partial charge on any atom is -0.508 e. The van der Waals surface area contributed by atoms with E-state index < -0.39 is 0 Å². The molecule has 0 aliphatic carbocycles. The number of aromatic hydroxyl groups is 1. The van der Waals surface area contributed by atoms with Crippen LogP contribution in [0.25, 0.3) is 5.69 Å². The van der Waals surface area contributed by atoms with E-state index in [-0.39, 0.29) is 0 Å². The standard InChI is InChI=1S/C11H11NO/c1-9-4-5-10(13)8-11(9)12-6-2-3-7-12/h2-8,13H,1H3. The molecule has 0 saturated heterocycles. The lowest BCUT2D eigenvalue weighted by Crippen LogP contribution is -1.92. The first-order chi connectivity index (χ1) is 6.27. The summed E-state index contributed by atoms with van der Waals surface area (Å²) in [6, 6.07) is 9.29. The summed E-state index contributed by atoms with van der Waals surface area (Å²) < 4.78 is 1.98. The SMILES string of the molecule is Cc1ccc(O)cc1-n1cccc1. The molecular formula is C11H11NO. The van der Waals surface area contributed by atoms with E-state index in [0.717, 1.165) is 11.3 Å². The number of hydrogen-bond donors (Lipinski definition) is 1. The van der Waals surface area contributed by atoms with Crippen LogP contribution in [-0.2, 0) is 0 Å². The number of aromatic nitrogens is 1. The van der Waals surface area contributed by atoms with Gasteiger partial charge in [0.15, 0.2) is 0 Å². The van der Waals surface area contributed by atoms with Gasteiger partial charge < -0.3 is 9.67 Å². The lowest BCUT2D eigenvalue weighted by Gasteiger charge is -2.06. The molecule has 0 spiro atoms. The average molecular weight is 173 g/mol. The van der Waals surface area contributed by atoms with Crippen LogP contribution in [-0.4, -0.2) is 9.67 Å². The van der Waals surface area contributed by atoms with Crippen LogP contribution in [0.4, 0.5) is 0 Å². The predicted molar refractivity (Wildman–Crippen MR) is 52.2 cm³/mol. The lowest BCUT2D eigenvalue weighted by molar-refractivity contribution is 0.475. The molecule has 0 aliphatic rings. The summed E-state index contributed by atoms with van der Waals surface area (Å²) in [6.45, 7) is 2.02. The smallest absolute Gasteiger partial charge is 0.117 e. The Labute approximate surface area is 77.1 Å². The molecule has 0 unspecified atom stereocenters. The van der Waals surface area contributed by atoms with Crippen molar-refractivity contribution in [3.8, 4) is 11.4 Å². The lowest BCUT2D eigenvalue weighted by atomic mass is 10.2. The fraction of sp³-hybridized carbons (Fsp3) is 0.0909. The molecule has 0 bridgehead atoms. The van der Waals surface area contributed by atoms with E-state index in [4.69, 9.17) is 0 Å². The van der Waals surface area contributed by atoms with Crippen molar-refractivity contribution in [1.29, 1.82) is 0 Å². The van der Waals surface area contributed by atoms with Gasteiger partial charge in [0, 0.05) is 18.5 Å². The second-order valence-corrected chi connectivity index (χ2v) is 3.06. The Balaban J connectivity index is 2.57. The third kappa shape index (κ3) is 1.43. The molecule has 1 N–H and O–H groups in total. The average Bonchev–Trinajstić information content (AvgIpc) is 2.61. The second kappa shape index (κ2) is 2.98. The summed E-state index contributed by atoms with van der Waals surface area (Å²) in [6.07, 6.45) is 3.92. The van der Waals surface area contributed by atoms with Gasteiger partial charge >= 0.3 is 0 Å². The fourth-order valence-corrected chi connectivity index (χ4v) is 1.37. The molecule has 2 aromatic rings. The van der Waals surface area contributed by atoms with Crippen LogP contribution in [0, 0.1) is 6.92 Å². The maximum Gasteiger partial charge on any atom is 0.117 e. The van der Waals surface area contributed by atoms with E-state index >= 15 is 0 Å². The number of benzene rings is 1. The monoisotopic (exact) mass is 173 g/mol. The molecule has 1 heterocycles. The zero-order valence-electron chi connectivity index (χ0n) is 7.44. The molecule has 0 amide bonds. The van der Waals surface area contributed by atoms with Crippen molar-refractivity contribution in [3.63, 3.8) is 0 Å². The van der Waals surface area contributed by atoms with E-state index in [0.29, 0.717) is 5.75 Å². The molecule has 0 aliphatic heterocycles. The van der Waals surface area contributed by atoms with Gasteiger partial charge in [-0.25, -0.2) is 0 Å². The Morgan fingerprint density at radius 1 is 1.15 bits per heavy atom. The van der Waals surface area contributed by atoms with E-state index in [1.54, 1.807) is 12.1 Å². The highest BCUT2D eigenvalue weighted by Gasteiger charge is 2.00. The summed E-state index contributed by atoms with van der Waals surface area (Å²) in [5.74, 6) is 0.300. The topological polar surface area (TPSA) is 25.2 Å². The quantitative estimate of drug-likeness (QED) is 0.704. The third-order valence-electron chi connectivity index (χ3n) is 2.08. The van der Waals surface area contributed by atoms with Crippen molar-refractivity contribution in [3.05, 3.63) is 48.3 Å². The molecule has 0 saturated carbocycles. The molecule has 1 aromatic carbocycles. The minimum absolute atomic E-state index is 0.300. The largest absolute Gasteiger partial charge is 0.508 e. The number of aryl methyl sites for hydroxylation is 1. The first-order valence-corrected chi connectivity index (χ1v) is 4.20. The van der Waals surface area contributed by atoms with Crippen molar-refractivity contribution >= 4 is 0 Å². The van der Waals surface area contributed by atoms with Crippen LogP contribution in [0.3, 0.4) is 0 Å². The third-order valence-corrected chi connectivity index (χ3v) is 2.08. The van der Waals surface area contributed by atoms with Crippen LogP contribution in [0.5, 0.6) is 5.75 Å². The number of nitrogens with zero attached hydrogens (tertiary/aromatic N) is 1. The van der Waals surface area contributed by atoms with Crippen LogP contribution in [0.1, 0.15) is 5.56 Å². The summed E-state index contributed by atoms with van der Waals surface area (Å²) in [7, 11) is 0. The fourth-order valence-electron chi connectivity index (χ4n) is 1.37. The molecule has 1 aromatic heterocycles. The molecular weight excluding hydrogens is 162 g/mol. The van der Waals surface area contributed by atoms with Crippen LogP contribution >= 0.6 is 0 Å². The van der Waals surface area contributed by atoms with Crippen molar-refractivity contribution in [2.75, 3.05) is 0 Å². The van der Waals surface area contributed by atoms with E-state index in [1.165, 1.54) is 0 Å². The number of phenols is 1. The highest BCUT2D eigenvalue weighted by molar-refractivity contribution is 5.45. The van der Waals surface area contributed by atoms with Crippen LogP contribution in [0.15, 0.2) is 42.7 Å². The van der Waals surface area contributed by atoms with Gasteiger partial charge in [-0.2, -0.15) is 0 Å². The maximum absolute atomic E-state index is 9.32. The summed E-state index contributed by atoms with van der Waals surface area (Å²) in [4.78, 5) is 0. The number of hydrogen-bond acceptors (Lipinski definition) is 1. The molecule has 2 nitrogen and oxygen atoms in total. The van der Waals surface area contributed by atoms with Crippen molar-refractivity contribution in [2.45, 2.75) is 6.92 Å². The van der Waals surface area contributed by atoms with Crippen molar-refractivity contribution in [2.24, 2.45) is 0 Å². The first-order valence-electron chi connectivity index (χ1n) is 4.20. The highest BCUT2D eigenvalue weighted by atomic mass is 16.3. The first kappa shape index (κ1) is 7.92. The Hall–Kier alpha value is -1.70. The molecule has 0 fully saturated rings. The molecule has 2 rings (SSSR count). The molecule has 13 heavy (non-hydrogen) atoms. The normalized spacial score (nSPS) is 10.2.